The van der Waals surface area contributed by atoms with Crippen molar-refractivity contribution in [1.29, 1.82) is 0 Å². The molecule has 2 aliphatic heterocycles. The predicted molar refractivity (Wildman–Crippen MR) is 103 cm³/mol. The van der Waals surface area contributed by atoms with Gasteiger partial charge in [-0.2, -0.15) is 5.10 Å². The van der Waals surface area contributed by atoms with E-state index in [9.17, 15) is 24.6 Å². The molecule has 4 fully saturated rings. The Labute approximate surface area is 174 Å². The first-order chi connectivity index (χ1) is 14.4. The highest BCUT2D eigenvalue weighted by molar-refractivity contribution is 6.06. The summed E-state index contributed by atoms with van der Waals surface area (Å²) in [6.45, 7) is 2.75. The molecule has 0 bridgehead atoms. The fourth-order valence-corrected chi connectivity index (χ4v) is 5.52. The van der Waals surface area contributed by atoms with Crippen molar-refractivity contribution < 1.29 is 34.1 Å². The highest BCUT2D eigenvalue weighted by atomic mass is 16.5. The third kappa shape index (κ3) is 3.72. The van der Waals surface area contributed by atoms with E-state index in [-0.39, 0.29) is 43.4 Å². The lowest BCUT2D eigenvalue weighted by molar-refractivity contribution is -0.143. The summed E-state index contributed by atoms with van der Waals surface area (Å²) in [5, 5.41) is 25.3. The zero-order chi connectivity index (χ0) is 21.4. The number of likely N-dealkylation sites (tertiary alicyclic amines) is 1. The molecular weight excluding hydrogens is 394 g/mol. The minimum atomic E-state index is -1.14. The first-order valence-corrected chi connectivity index (χ1v) is 10.7. The van der Waals surface area contributed by atoms with Crippen molar-refractivity contribution in [2.24, 2.45) is 28.8 Å². The Morgan fingerprint density at radius 2 is 2.00 bits per heavy atom. The number of nitrogens with zero attached hydrogens (tertiary/aromatic N) is 2. The lowest BCUT2D eigenvalue weighted by Gasteiger charge is -2.45. The van der Waals surface area contributed by atoms with Gasteiger partial charge in [-0.25, -0.2) is 10.2 Å². The molecule has 3 N–H and O–H groups in total. The number of carbonyl (C=O) groups is 3. The van der Waals surface area contributed by atoms with E-state index in [0.717, 1.165) is 12.8 Å². The van der Waals surface area contributed by atoms with Gasteiger partial charge in [0.15, 0.2) is 0 Å². The number of imide groups is 1. The molecule has 0 aromatic rings. The molecule has 2 heterocycles. The van der Waals surface area contributed by atoms with Gasteiger partial charge >= 0.3 is 6.09 Å². The summed E-state index contributed by atoms with van der Waals surface area (Å²) in [6.07, 6.45) is -0.231. The Balaban J connectivity index is 1.56. The fourth-order valence-electron chi connectivity index (χ4n) is 5.52. The summed E-state index contributed by atoms with van der Waals surface area (Å²) in [6, 6.07) is 0. The largest absolute Gasteiger partial charge is 0.449 e. The number of hydrogen-bond donors (Lipinski definition) is 3. The van der Waals surface area contributed by atoms with Crippen LogP contribution in [0.5, 0.6) is 0 Å². The van der Waals surface area contributed by atoms with Crippen molar-refractivity contribution >= 4 is 23.6 Å². The number of amides is 3. The number of fused-ring (bicyclic) bond motifs is 3. The van der Waals surface area contributed by atoms with Crippen molar-refractivity contribution in [2.75, 3.05) is 19.8 Å². The molecule has 0 unspecified atom stereocenters. The van der Waals surface area contributed by atoms with Crippen LogP contribution in [-0.4, -0.2) is 76.8 Å². The molecule has 7 atom stereocenters. The van der Waals surface area contributed by atoms with E-state index in [4.69, 9.17) is 9.47 Å². The molecule has 4 aliphatic rings. The number of hydrazone groups is 1. The zero-order valence-corrected chi connectivity index (χ0v) is 17.0. The van der Waals surface area contributed by atoms with E-state index in [1.54, 1.807) is 6.92 Å². The second-order valence-electron chi connectivity index (χ2n) is 8.51. The van der Waals surface area contributed by atoms with Crippen LogP contribution >= 0.6 is 0 Å². The quantitative estimate of drug-likeness (QED) is 0.428. The van der Waals surface area contributed by atoms with Gasteiger partial charge in [0, 0.05) is 30.6 Å². The normalized spacial score (nSPS) is 39.8. The molecule has 10 heteroatoms. The summed E-state index contributed by atoms with van der Waals surface area (Å²) < 4.78 is 10.4. The Hall–Kier alpha value is -2.04. The van der Waals surface area contributed by atoms with Crippen molar-refractivity contribution in [3.05, 3.63) is 0 Å². The molecule has 2 saturated heterocycles. The number of ether oxygens (including phenoxy) is 2. The number of nitrogens with one attached hydrogen (secondary N) is 1. The first-order valence-electron chi connectivity index (χ1n) is 10.7. The molecule has 3 amide bonds. The van der Waals surface area contributed by atoms with Crippen LogP contribution < -0.4 is 5.43 Å². The van der Waals surface area contributed by atoms with Gasteiger partial charge in [0.05, 0.1) is 43.3 Å². The number of carbonyl (C=O) groups excluding carboxylic acids is 3. The zero-order valence-electron chi connectivity index (χ0n) is 17.0. The van der Waals surface area contributed by atoms with Gasteiger partial charge in [-0.05, 0) is 32.6 Å². The molecule has 4 rings (SSSR count). The van der Waals surface area contributed by atoms with Crippen molar-refractivity contribution in [1.82, 2.24) is 10.3 Å². The third-order valence-electron chi connectivity index (χ3n) is 6.85. The van der Waals surface area contributed by atoms with Gasteiger partial charge in [-0.3, -0.25) is 14.5 Å². The van der Waals surface area contributed by atoms with Crippen LogP contribution in [0.2, 0.25) is 0 Å². The van der Waals surface area contributed by atoms with Crippen LogP contribution in [0.1, 0.15) is 39.0 Å². The monoisotopic (exact) mass is 423 g/mol. The van der Waals surface area contributed by atoms with Gasteiger partial charge in [-0.15, -0.1) is 0 Å². The van der Waals surface area contributed by atoms with E-state index in [2.05, 4.69) is 10.5 Å². The Bertz CT molecular complexity index is 736. The number of hydrogen-bond acceptors (Lipinski definition) is 8. The molecule has 0 aromatic heterocycles. The van der Waals surface area contributed by atoms with Gasteiger partial charge in [-0.1, -0.05) is 0 Å². The summed E-state index contributed by atoms with van der Waals surface area (Å²) in [7, 11) is 0. The van der Waals surface area contributed by atoms with Crippen LogP contribution in [0.25, 0.3) is 0 Å². The standard InChI is InChI=1S/C20H29N3O7/c1-2-29-20(28)22-21-13-8-14(24)17(25)15-11(13)5-6-12-16(15)19(27)23(18(12)26)9-10-4-3-7-30-10/h10-12,14-17,24-25H,2-9H2,1H3,(H,22,28)/t10-,11+,12+,14+,15-,16-,17+/m0/s1. The van der Waals surface area contributed by atoms with Crippen LogP contribution in [0.3, 0.4) is 0 Å². The minimum absolute atomic E-state index is 0.0912. The average molecular weight is 423 g/mol. The molecule has 30 heavy (non-hydrogen) atoms. The van der Waals surface area contributed by atoms with E-state index in [1.165, 1.54) is 4.90 Å². The highest BCUT2D eigenvalue weighted by Gasteiger charge is 2.59. The van der Waals surface area contributed by atoms with Crippen molar-refractivity contribution in [2.45, 2.75) is 57.3 Å². The fraction of sp³-hybridized carbons (Fsp3) is 0.800. The van der Waals surface area contributed by atoms with E-state index >= 15 is 0 Å². The van der Waals surface area contributed by atoms with E-state index < -0.39 is 36.1 Å². The predicted octanol–water partition coefficient (Wildman–Crippen LogP) is 0.0204. The van der Waals surface area contributed by atoms with Crippen molar-refractivity contribution in [3.63, 3.8) is 0 Å². The lowest BCUT2D eigenvalue weighted by atomic mass is 9.60. The molecule has 2 saturated carbocycles. The van der Waals surface area contributed by atoms with Crippen LogP contribution in [0, 0.1) is 23.7 Å². The highest BCUT2D eigenvalue weighted by Crippen LogP contribution is 2.49. The molecule has 0 aromatic carbocycles. The molecule has 0 spiro atoms. The topological polar surface area (TPSA) is 138 Å². The average Bonchev–Trinajstić information content (AvgIpc) is 3.32. The van der Waals surface area contributed by atoms with Gasteiger partial charge in [0.2, 0.25) is 11.8 Å². The molecule has 0 radical (unpaired) electrons. The SMILES string of the molecule is CCOC(=O)NN=C1C[C@@H](O)[C@@H](O)[C@@H]2[C@H]3C(=O)N(C[C@@H]4CCCO4)C(=O)[C@@H]3CC[C@H]12. The molecule has 166 valence electrons. The van der Waals surface area contributed by atoms with Gasteiger partial charge in [0.1, 0.15) is 0 Å². The summed E-state index contributed by atoms with van der Waals surface area (Å²) in [4.78, 5) is 39.1. The number of aliphatic hydroxyl groups excluding tert-OH is 2. The molecule has 2 aliphatic carbocycles. The van der Waals surface area contributed by atoms with E-state index in [0.29, 0.717) is 25.2 Å². The smallest absolute Gasteiger partial charge is 0.427 e. The third-order valence-corrected chi connectivity index (χ3v) is 6.85. The minimum Gasteiger partial charge on any atom is -0.449 e. The Kier molecular flexibility index (Phi) is 6.08. The van der Waals surface area contributed by atoms with Gasteiger partial charge in [0.25, 0.3) is 0 Å². The summed E-state index contributed by atoms with van der Waals surface area (Å²) >= 11 is 0. The Morgan fingerprint density at radius 1 is 1.23 bits per heavy atom. The first kappa shape index (κ1) is 21.2. The molecular formula is C20H29N3O7. The van der Waals surface area contributed by atoms with Crippen LogP contribution in [0.15, 0.2) is 5.10 Å². The van der Waals surface area contributed by atoms with E-state index in [1.807, 2.05) is 0 Å². The van der Waals surface area contributed by atoms with Crippen molar-refractivity contribution in [3.8, 4) is 0 Å². The maximum atomic E-state index is 13.2. The lowest BCUT2D eigenvalue weighted by Crippen LogP contribution is -2.55. The maximum absolute atomic E-state index is 13.2. The maximum Gasteiger partial charge on any atom is 0.427 e. The van der Waals surface area contributed by atoms with Crippen LogP contribution in [0.4, 0.5) is 4.79 Å². The second-order valence-corrected chi connectivity index (χ2v) is 8.51. The van der Waals surface area contributed by atoms with Crippen LogP contribution in [-0.2, 0) is 19.1 Å². The number of rotatable bonds is 4. The second kappa shape index (κ2) is 8.60. The van der Waals surface area contributed by atoms with Gasteiger partial charge < -0.3 is 19.7 Å². The molecule has 10 nitrogen and oxygen atoms in total. The summed E-state index contributed by atoms with van der Waals surface area (Å²) in [5.41, 5.74) is 2.83. The summed E-state index contributed by atoms with van der Waals surface area (Å²) in [5.74, 6) is -2.64. The number of aliphatic hydroxyl groups is 2. The Morgan fingerprint density at radius 3 is 2.70 bits per heavy atom.